The standard InChI is InChI=1S/C37H36N2/c1-21(2)28-13-10-14-29(22(3)4)35(28)39-37-31-16-9-12-27-18-17-26-11-8-15-30(32(26)33(27)31)36(37)38-34-24(6)19-23(5)20-25(34)7/h8-22H,1-7H3. The van der Waals surface area contributed by atoms with Gasteiger partial charge in [0.1, 0.15) is 0 Å². The van der Waals surface area contributed by atoms with Crippen LogP contribution in [0.4, 0.5) is 11.4 Å². The molecule has 39 heavy (non-hydrogen) atoms. The Balaban J connectivity index is 1.91. The summed E-state index contributed by atoms with van der Waals surface area (Å²) in [5.41, 5.74) is 8.32. The van der Waals surface area contributed by atoms with E-state index in [9.17, 15) is 0 Å². The first kappa shape index (κ1) is 25.2. The minimum Gasteiger partial charge on any atom is -0.246 e. The molecule has 0 fully saturated rings. The van der Waals surface area contributed by atoms with Crippen molar-refractivity contribution in [1.29, 1.82) is 0 Å². The van der Waals surface area contributed by atoms with Crippen LogP contribution in [-0.4, -0.2) is 0 Å². The molecule has 2 heteroatoms. The lowest BCUT2D eigenvalue weighted by Gasteiger charge is -2.17. The van der Waals surface area contributed by atoms with Gasteiger partial charge in [-0.3, -0.25) is 0 Å². The van der Waals surface area contributed by atoms with Gasteiger partial charge in [-0.1, -0.05) is 112 Å². The van der Waals surface area contributed by atoms with Gasteiger partial charge < -0.3 is 0 Å². The first-order valence-corrected chi connectivity index (χ1v) is 14.1. The topological polar surface area (TPSA) is 24.7 Å². The van der Waals surface area contributed by atoms with Crippen molar-refractivity contribution in [1.82, 2.24) is 0 Å². The van der Waals surface area contributed by atoms with Crippen molar-refractivity contribution in [2.45, 2.75) is 60.3 Å². The summed E-state index contributed by atoms with van der Waals surface area (Å²) in [6.45, 7) is 15.5. The van der Waals surface area contributed by atoms with Crippen molar-refractivity contribution >= 4 is 43.7 Å². The fourth-order valence-electron chi connectivity index (χ4n) is 6.25. The van der Waals surface area contributed by atoms with Gasteiger partial charge >= 0.3 is 0 Å². The Kier molecular flexibility index (Phi) is 6.22. The molecule has 6 aromatic rings. The SMILES string of the molecule is Cc1cc(C)c(N=c2c(=Nc3c(C(C)C)cccc3C(C)C)c3cccc4ccc5cccc2c5c43)c(C)c1. The third kappa shape index (κ3) is 4.19. The molecule has 0 N–H and O–H groups in total. The van der Waals surface area contributed by atoms with Gasteiger partial charge in [-0.2, -0.15) is 0 Å². The van der Waals surface area contributed by atoms with Crippen LogP contribution in [0.2, 0.25) is 0 Å². The van der Waals surface area contributed by atoms with E-state index in [1.807, 2.05) is 0 Å². The monoisotopic (exact) mass is 508 g/mol. The molecule has 0 saturated heterocycles. The van der Waals surface area contributed by atoms with Crippen molar-refractivity contribution < 1.29 is 0 Å². The van der Waals surface area contributed by atoms with Crippen LogP contribution in [0.1, 0.15) is 67.3 Å². The summed E-state index contributed by atoms with van der Waals surface area (Å²) in [6.07, 6.45) is 0. The Hall–Kier alpha value is -4.04. The fraction of sp³-hybridized carbons (Fsp3) is 0.243. The van der Waals surface area contributed by atoms with E-state index >= 15 is 0 Å². The van der Waals surface area contributed by atoms with Gasteiger partial charge in [0.25, 0.3) is 0 Å². The van der Waals surface area contributed by atoms with Crippen LogP contribution in [0.5, 0.6) is 0 Å². The molecule has 0 heterocycles. The zero-order chi connectivity index (χ0) is 27.4. The lowest BCUT2D eigenvalue weighted by Crippen LogP contribution is -2.27. The first-order chi connectivity index (χ1) is 18.7. The second-order valence-corrected chi connectivity index (χ2v) is 11.6. The van der Waals surface area contributed by atoms with Crippen LogP contribution in [0.3, 0.4) is 0 Å². The summed E-state index contributed by atoms with van der Waals surface area (Å²) in [5, 5.41) is 9.25. The molecule has 0 aromatic heterocycles. The highest BCUT2D eigenvalue weighted by molar-refractivity contribution is 6.22. The molecule has 0 radical (unpaired) electrons. The maximum absolute atomic E-state index is 5.61. The van der Waals surface area contributed by atoms with E-state index in [-0.39, 0.29) is 0 Å². The molecule has 0 aliphatic rings. The molecule has 2 nitrogen and oxygen atoms in total. The third-order valence-corrected chi connectivity index (χ3v) is 8.05. The van der Waals surface area contributed by atoms with Crippen LogP contribution < -0.4 is 10.7 Å². The maximum atomic E-state index is 5.61. The smallest absolute Gasteiger partial charge is 0.0979 e. The quantitative estimate of drug-likeness (QED) is 0.212. The average molecular weight is 509 g/mol. The predicted molar refractivity (Wildman–Crippen MR) is 167 cm³/mol. The van der Waals surface area contributed by atoms with Gasteiger partial charge in [0, 0.05) is 10.8 Å². The van der Waals surface area contributed by atoms with Crippen molar-refractivity contribution in [2.75, 3.05) is 0 Å². The summed E-state index contributed by atoms with van der Waals surface area (Å²) in [7, 11) is 0. The third-order valence-electron chi connectivity index (χ3n) is 8.05. The Morgan fingerprint density at radius 3 is 1.41 bits per heavy atom. The number of aryl methyl sites for hydroxylation is 3. The highest BCUT2D eigenvalue weighted by Gasteiger charge is 2.17. The van der Waals surface area contributed by atoms with Crippen LogP contribution >= 0.6 is 0 Å². The van der Waals surface area contributed by atoms with E-state index < -0.39 is 0 Å². The highest BCUT2D eigenvalue weighted by atomic mass is 14.8. The first-order valence-electron chi connectivity index (χ1n) is 14.1. The van der Waals surface area contributed by atoms with Gasteiger partial charge in [-0.05, 0) is 76.4 Å². The molecule has 6 aromatic carbocycles. The number of para-hydroxylation sites is 1. The van der Waals surface area contributed by atoms with E-state index in [2.05, 4.69) is 127 Å². The molecule has 6 rings (SSSR count). The fourth-order valence-corrected chi connectivity index (χ4v) is 6.25. The van der Waals surface area contributed by atoms with E-state index in [4.69, 9.17) is 9.98 Å². The van der Waals surface area contributed by atoms with Crippen molar-refractivity contribution in [3.8, 4) is 0 Å². The summed E-state index contributed by atoms with van der Waals surface area (Å²) in [5.74, 6) is 0.722. The van der Waals surface area contributed by atoms with Crippen molar-refractivity contribution in [2.24, 2.45) is 9.98 Å². The molecule has 0 saturated carbocycles. The van der Waals surface area contributed by atoms with Gasteiger partial charge in [0.15, 0.2) is 0 Å². The number of benzene rings is 6. The number of hydrogen-bond acceptors (Lipinski definition) is 2. The number of rotatable bonds is 4. The van der Waals surface area contributed by atoms with Gasteiger partial charge in [0.2, 0.25) is 0 Å². The average Bonchev–Trinajstić information content (AvgIpc) is 2.90. The summed E-state index contributed by atoms with van der Waals surface area (Å²) >= 11 is 0. The molecule has 0 bridgehead atoms. The summed E-state index contributed by atoms with van der Waals surface area (Å²) in [6, 6.07) is 28.8. The molecule has 0 amide bonds. The largest absolute Gasteiger partial charge is 0.246 e. The Morgan fingerprint density at radius 2 is 0.949 bits per heavy atom. The minimum atomic E-state index is 0.361. The van der Waals surface area contributed by atoms with E-state index in [1.54, 1.807) is 0 Å². The van der Waals surface area contributed by atoms with Gasteiger partial charge in [0.05, 0.1) is 22.1 Å². The zero-order valence-electron chi connectivity index (χ0n) is 24.1. The molecule has 194 valence electrons. The number of nitrogens with zero attached hydrogens (tertiary/aromatic N) is 2. The van der Waals surface area contributed by atoms with E-state index in [0.29, 0.717) is 11.8 Å². The van der Waals surface area contributed by atoms with Gasteiger partial charge in [-0.15, -0.1) is 0 Å². The molecule has 0 unspecified atom stereocenters. The van der Waals surface area contributed by atoms with Crippen LogP contribution in [0, 0.1) is 20.8 Å². The highest BCUT2D eigenvalue weighted by Crippen LogP contribution is 2.36. The lowest BCUT2D eigenvalue weighted by atomic mass is 9.92. The Morgan fingerprint density at radius 1 is 0.513 bits per heavy atom. The van der Waals surface area contributed by atoms with Crippen LogP contribution in [0.15, 0.2) is 88.8 Å². The zero-order valence-corrected chi connectivity index (χ0v) is 24.1. The molecule has 0 aliphatic carbocycles. The number of hydrogen-bond donors (Lipinski definition) is 0. The Labute approximate surface area is 231 Å². The molecular formula is C37H36N2. The van der Waals surface area contributed by atoms with Gasteiger partial charge in [-0.25, -0.2) is 9.98 Å². The van der Waals surface area contributed by atoms with Crippen LogP contribution in [0.25, 0.3) is 32.3 Å². The second kappa shape index (κ2) is 9.61. The van der Waals surface area contributed by atoms with E-state index in [0.717, 1.165) is 32.9 Å². The van der Waals surface area contributed by atoms with Crippen LogP contribution in [-0.2, 0) is 0 Å². The normalized spacial score (nSPS) is 13.3. The molecule has 0 spiro atoms. The van der Waals surface area contributed by atoms with E-state index in [1.165, 1.54) is 49.4 Å². The summed E-state index contributed by atoms with van der Waals surface area (Å²) < 4.78 is 0. The summed E-state index contributed by atoms with van der Waals surface area (Å²) in [4.78, 5) is 11.1. The van der Waals surface area contributed by atoms with Crippen molar-refractivity contribution in [3.05, 3.63) is 117 Å². The second-order valence-electron chi connectivity index (χ2n) is 11.6. The molecular weight excluding hydrogens is 472 g/mol. The molecule has 0 aliphatic heterocycles. The predicted octanol–water partition coefficient (Wildman–Crippen LogP) is 9.66. The lowest BCUT2D eigenvalue weighted by molar-refractivity contribution is 0.832. The minimum absolute atomic E-state index is 0.361. The van der Waals surface area contributed by atoms with Crippen molar-refractivity contribution in [3.63, 3.8) is 0 Å². The molecule has 0 atom stereocenters. The Bertz CT molecular complexity index is 1940. The maximum Gasteiger partial charge on any atom is 0.0979 e.